The number of nitrogens with one attached hydrogen (secondary N) is 1. The number of aliphatic imine (C=N–C) groups is 1. The highest BCUT2D eigenvalue weighted by Gasteiger charge is 2.25. The molecule has 2 aromatic carbocycles. The Morgan fingerprint density at radius 1 is 1.18 bits per heavy atom. The number of aryl methyl sites for hydroxylation is 1. The number of carbonyl (C=O) groups is 2. The Kier molecular flexibility index (Phi) is 6.95. The lowest BCUT2D eigenvalue weighted by molar-refractivity contribution is -0.115. The van der Waals surface area contributed by atoms with Gasteiger partial charge in [-0.3, -0.25) is 4.79 Å². The average Bonchev–Trinajstić information content (AvgIpc) is 3.29. The molecular weight excluding hydrogens is 470 g/mol. The van der Waals surface area contributed by atoms with Crippen LogP contribution in [0.15, 0.2) is 58.4 Å². The summed E-state index contributed by atoms with van der Waals surface area (Å²) in [5, 5.41) is 3.98. The maximum atomic E-state index is 12.6. The fourth-order valence-electron chi connectivity index (χ4n) is 3.74. The normalized spacial score (nSPS) is 15.7. The minimum Gasteiger partial charge on any atom is -0.462 e. The van der Waals surface area contributed by atoms with Gasteiger partial charge in [-0.05, 0) is 99.1 Å². The van der Waals surface area contributed by atoms with E-state index in [1.807, 2.05) is 63.2 Å². The zero-order valence-corrected chi connectivity index (χ0v) is 20.9. The third kappa shape index (κ3) is 4.81. The molecule has 8 heteroatoms. The Morgan fingerprint density at radius 2 is 1.91 bits per heavy atom. The molecule has 34 heavy (non-hydrogen) atoms. The van der Waals surface area contributed by atoms with Crippen molar-refractivity contribution in [2.45, 2.75) is 27.7 Å². The molecule has 0 spiro atoms. The number of aromatic nitrogens is 1. The van der Waals surface area contributed by atoms with Gasteiger partial charge >= 0.3 is 5.97 Å². The first-order chi connectivity index (χ1) is 16.3. The van der Waals surface area contributed by atoms with Gasteiger partial charge < -0.3 is 14.6 Å². The zero-order valence-electron chi connectivity index (χ0n) is 19.3. The van der Waals surface area contributed by atoms with Gasteiger partial charge in [-0.2, -0.15) is 0 Å². The lowest BCUT2D eigenvalue weighted by atomic mass is 10.2. The number of amidine groups is 1. The smallest absolute Gasteiger partial charge is 0.338 e. The molecule has 0 unspecified atom stereocenters. The summed E-state index contributed by atoms with van der Waals surface area (Å²) in [7, 11) is 0. The maximum absolute atomic E-state index is 12.6. The van der Waals surface area contributed by atoms with E-state index in [9.17, 15) is 9.59 Å². The Hall–Kier alpha value is -3.29. The van der Waals surface area contributed by atoms with Gasteiger partial charge in [-0.1, -0.05) is 17.7 Å². The van der Waals surface area contributed by atoms with Crippen LogP contribution in [-0.4, -0.2) is 28.2 Å². The van der Waals surface area contributed by atoms with E-state index < -0.39 is 0 Å². The highest BCUT2D eigenvalue weighted by Crippen LogP contribution is 2.32. The summed E-state index contributed by atoms with van der Waals surface area (Å²) in [5.74, 6) is -0.526. The second kappa shape index (κ2) is 9.91. The number of benzene rings is 2. The number of hydrogen-bond donors (Lipinski definition) is 1. The third-order valence-corrected chi connectivity index (χ3v) is 6.82. The van der Waals surface area contributed by atoms with Gasteiger partial charge in [0.1, 0.15) is 0 Å². The van der Waals surface area contributed by atoms with E-state index in [-0.39, 0.29) is 11.9 Å². The number of ether oxygens (including phenoxy) is 1. The Morgan fingerprint density at radius 3 is 2.62 bits per heavy atom. The van der Waals surface area contributed by atoms with Crippen LogP contribution in [0.1, 0.15) is 39.8 Å². The van der Waals surface area contributed by atoms with Crippen molar-refractivity contribution in [1.82, 2.24) is 9.88 Å². The van der Waals surface area contributed by atoms with Crippen molar-refractivity contribution in [1.29, 1.82) is 0 Å². The molecule has 0 radical (unpaired) electrons. The first kappa shape index (κ1) is 23.9. The van der Waals surface area contributed by atoms with Crippen LogP contribution in [0.3, 0.4) is 0 Å². The summed E-state index contributed by atoms with van der Waals surface area (Å²) in [5.41, 5.74) is 5.96. The van der Waals surface area contributed by atoms with Crippen LogP contribution in [0.5, 0.6) is 0 Å². The number of nitrogens with zero attached hydrogens (tertiary/aromatic N) is 2. The predicted molar refractivity (Wildman–Crippen MR) is 138 cm³/mol. The molecule has 174 valence electrons. The van der Waals surface area contributed by atoms with Crippen LogP contribution in [0.2, 0.25) is 5.02 Å². The molecular formula is C26H24ClN3O3S. The quantitative estimate of drug-likeness (QED) is 0.343. The summed E-state index contributed by atoms with van der Waals surface area (Å²) >= 11 is 7.49. The van der Waals surface area contributed by atoms with Crippen molar-refractivity contribution in [3.8, 4) is 5.69 Å². The molecule has 1 N–H and O–H groups in total. The van der Waals surface area contributed by atoms with Gasteiger partial charge in [-0.15, -0.1) is 0 Å². The van der Waals surface area contributed by atoms with Crippen molar-refractivity contribution >= 4 is 52.2 Å². The van der Waals surface area contributed by atoms with Crippen LogP contribution < -0.4 is 5.32 Å². The number of rotatable bonds is 5. The second-order valence-corrected chi connectivity index (χ2v) is 9.23. The minimum absolute atomic E-state index is 0.188. The van der Waals surface area contributed by atoms with Gasteiger partial charge in [0.25, 0.3) is 5.91 Å². The standard InChI is InChI=1S/C26H24ClN3O3S/c1-5-33-25(32)18-9-11-20(12-10-18)30-15(2)13-19(17(30)4)14-23-24(31)29-26(34-23)28-22-8-6-7-21(27)16(22)3/h6-14H,5H2,1-4H3,(H,28,29,31)/b23-14-. The van der Waals surface area contributed by atoms with Crippen molar-refractivity contribution in [2.24, 2.45) is 4.99 Å². The average molecular weight is 494 g/mol. The van der Waals surface area contributed by atoms with Crippen LogP contribution in [0.4, 0.5) is 5.69 Å². The van der Waals surface area contributed by atoms with Crippen molar-refractivity contribution < 1.29 is 14.3 Å². The Bertz CT molecular complexity index is 1340. The van der Waals surface area contributed by atoms with E-state index in [0.717, 1.165) is 33.9 Å². The number of esters is 1. The molecule has 4 rings (SSSR count). The largest absolute Gasteiger partial charge is 0.462 e. The number of halogens is 1. The van der Waals surface area contributed by atoms with Gasteiger partial charge in [0.05, 0.1) is 22.8 Å². The second-order valence-electron chi connectivity index (χ2n) is 7.79. The first-order valence-corrected chi connectivity index (χ1v) is 12.0. The van der Waals surface area contributed by atoms with Gasteiger partial charge in [0, 0.05) is 22.1 Å². The van der Waals surface area contributed by atoms with Crippen molar-refractivity contribution in [2.75, 3.05) is 6.61 Å². The molecule has 1 aromatic heterocycles. The Labute approximate surface area is 207 Å². The number of thioether (sulfide) groups is 1. The summed E-state index contributed by atoms with van der Waals surface area (Å²) in [6.07, 6.45) is 1.87. The van der Waals surface area contributed by atoms with E-state index in [1.54, 1.807) is 19.1 Å². The van der Waals surface area contributed by atoms with E-state index in [1.165, 1.54) is 11.8 Å². The van der Waals surface area contributed by atoms with Gasteiger partial charge in [0.15, 0.2) is 5.17 Å². The van der Waals surface area contributed by atoms with Gasteiger partial charge in [0.2, 0.25) is 0 Å². The molecule has 1 aliphatic rings. The summed E-state index contributed by atoms with van der Waals surface area (Å²) < 4.78 is 7.14. The fourth-order valence-corrected chi connectivity index (χ4v) is 4.74. The molecule has 1 fully saturated rings. The maximum Gasteiger partial charge on any atom is 0.338 e. The summed E-state index contributed by atoms with van der Waals surface area (Å²) in [4.78, 5) is 29.7. The molecule has 1 saturated heterocycles. The van der Waals surface area contributed by atoms with Crippen LogP contribution >= 0.6 is 23.4 Å². The number of hydrogen-bond acceptors (Lipinski definition) is 5. The lowest BCUT2D eigenvalue weighted by Crippen LogP contribution is -2.19. The monoisotopic (exact) mass is 493 g/mol. The molecule has 1 amide bonds. The van der Waals surface area contributed by atoms with Crippen LogP contribution in [0.25, 0.3) is 11.8 Å². The van der Waals surface area contributed by atoms with Crippen molar-refractivity contribution in [3.05, 3.63) is 86.5 Å². The highest BCUT2D eigenvalue weighted by atomic mass is 35.5. The topological polar surface area (TPSA) is 72.7 Å². The molecule has 0 bridgehead atoms. The molecule has 0 saturated carbocycles. The molecule has 2 heterocycles. The fraction of sp³-hybridized carbons (Fsp3) is 0.192. The van der Waals surface area contributed by atoms with Crippen LogP contribution in [-0.2, 0) is 9.53 Å². The lowest BCUT2D eigenvalue weighted by Gasteiger charge is -2.10. The van der Waals surface area contributed by atoms with E-state index >= 15 is 0 Å². The third-order valence-electron chi connectivity index (χ3n) is 5.51. The van der Waals surface area contributed by atoms with Gasteiger partial charge in [-0.25, -0.2) is 9.79 Å². The van der Waals surface area contributed by atoms with E-state index in [0.29, 0.717) is 27.3 Å². The minimum atomic E-state index is -0.338. The molecule has 6 nitrogen and oxygen atoms in total. The summed E-state index contributed by atoms with van der Waals surface area (Å²) in [6, 6.07) is 14.8. The SMILES string of the molecule is CCOC(=O)c1ccc(-n2c(C)cc(/C=C3\SC(=Nc4cccc(Cl)c4C)NC3=O)c2C)cc1. The van der Waals surface area contributed by atoms with Crippen LogP contribution in [0, 0.1) is 20.8 Å². The Balaban J connectivity index is 1.60. The highest BCUT2D eigenvalue weighted by molar-refractivity contribution is 8.18. The molecule has 1 aliphatic heterocycles. The zero-order chi connectivity index (χ0) is 24.4. The van der Waals surface area contributed by atoms with E-state index in [4.69, 9.17) is 16.3 Å². The molecule has 0 aliphatic carbocycles. The number of amides is 1. The van der Waals surface area contributed by atoms with E-state index in [2.05, 4.69) is 14.9 Å². The van der Waals surface area contributed by atoms with Crippen molar-refractivity contribution in [3.63, 3.8) is 0 Å². The number of carbonyl (C=O) groups excluding carboxylic acids is 2. The summed E-state index contributed by atoms with van der Waals surface area (Å²) in [6.45, 7) is 8.02. The predicted octanol–water partition coefficient (Wildman–Crippen LogP) is 6.12. The molecule has 0 atom stereocenters. The molecule has 3 aromatic rings. The first-order valence-electron chi connectivity index (χ1n) is 10.8.